The van der Waals surface area contributed by atoms with Gasteiger partial charge >= 0.3 is 0 Å². The third kappa shape index (κ3) is 6.20. The van der Waals surface area contributed by atoms with Crippen molar-refractivity contribution in [3.8, 4) is 0 Å². The van der Waals surface area contributed by atoms with Crippen LogP contribution in [0.2, 0.25) is 0 Å². The Balaban J connectivity index is 1.41. The van der Waals surface area contributed by atoms with Crippen molar-refractivity contribution in [1.29, 1.82) is 0 Å². The van der Waals surface area contributed by atoms with Crippen LogP contribution in [-0.2, 0) is 10.0 Å². The zero-order chi connectivity index (χ0) is 19.1. The van der Waals surface area contributed by atoms with E-state index in [1.165, 1.54) is 16.7 Å². The van der Waals surface area contributed by atoms with Gasteiger partial charge in [-0.1, -0.05) is 42.5 Å². The highest BCUT2D eigenvalue weighted by molar-refractivity contribution is 7.92. The standard InChI is InChI=1S/C21H27N3O2S/c1-19-6-5-9-21(18-19)24-15-13-23(14-16-24)12-11-22-27(25,26)17-10-20-7-3-2-4-8-20/h2-10,17-18,22H,11-16H2,1H3/b17-10+. The highest BCUT2D eigenvalue weighted by Crippen LogP contribution is 2.17. The van der Waals surface area contributed by atoms with Crippen LogP contribution in [0.15, 0.2) is 60.0 Å². The normalized spacial score (nSPS) is 16.1. The van der Waals surface area contributed by atoms with Gasteiger partial charge in [0.1, 0.15) is 0 Å². The van der Waals surface area contributed by atoms with Gasteiger partial charge in [-0.05, 0) is 36.3 Å². The summed E-state index contributed by atoms with van der Waals surface area (Å²) in [6.45, 7) is 7.06. The molecule has 1 fully saturated rings. The third-order valence-corrected chi connectivity index (χ3v) is 5.81. The number of piperazine rings is 1. The summed E-state index contributed by atoms with van der Waals surface area (Å²) in [4.78, 5) is 4.69. The highest BCUT2D eigenvalue weighted by Gasteiger charge is 2.17. The van der Waals surface area contributed by atoms with Crippen molar-refractivity contribution in [2.45, 2.75) is 6.92 Å². The predicted molar refractivity (Wildman–Crippen MR) is 112 cm³/mol. The van der Waals surface area contributed by atoms with Gasteiger partial charge in [-0.3, -0.25) is 4.90 Å². The number of benzene rings is 2. The van der Waals surface area contributed by atoms with Crippen LogP contribution < -0.4 is 9.62 Å². The average Bonchev–Trinajstić information content (AvgIpc) is 2.68. The number of rotatable bonds is 7. The maximum absolute atomic E-state index is 12.1. The fourth-order valence-corrected chi connectivity index (χ4v) is 3.99. The van der Waals surface area contributed by atoms with Crippen LogP contribution >= 0.6 is 0 Å². The summed E-state index contributed by atoms with van der Waals surface area (Å²) in [6.07, 6.45) is 1.61. The second kappa shape index (κ2) is 9.17. The molecule has 0 atom stereocenters. The summed E-state index contributed by atoms with van der Waals surface area (Å²) in [5, 5.41) is 1.23. The average molecular weight is 386 g/mol. The van der Waals surface area contributed by atoms with Gasteiger partial charge in [0.15, 0.2) is 0 Å². The summed E-state index contributed by atoms with van der Waals surface area (Å²) in [5.41, 5.74) is 3.41. The van der Waals surface area contributed by atoms with Crippen molar-refractivity contribution < 1.29 is 8.42 Å². The van der Waals surface area contributed by atoms with E-state index in [1.54, 1.807) is 6.08 Å². The molecule has 27 heavy (non-hydrogen) atoms. The topological polar surface area (TPSA) is 52.6 Å². The molecule has 1 heterocycles. The molecule has 2 aromatic rings. The Labute approximate surface area is 162 Å². The van der Waals surface area contributed by atoms with E-state index < -0.39 is 10.0 Å². The Bertz CT molecular complexity index is 858. The van der Waals surface area contributed by atoms with Gasteiger partial charge in [-0.15, -0.1) is 0 Å². The van der Waals surface area contributed by atoms with E-state index in [2.05, 4.69) is 45.7 Å². The van der Waals surface area contributed by atoms with E-state index in [-0.39, 0.29) is 0 Å². The maximum atomic E-state index is 12.1. The Kier molecular flexibility index (Phi) is 6.66. The van der Waals surface area contributed by atoms with Gasteiger partial charge in [0.25, 0.3) is 0 Å². The molecule has 144 valence electrons. The van der Waals surface area contributed by atoms with Crippen molar-refractivity contribution >= 4 is 21.8 Å². The molecule has 0 unspecified atom stereocenters. The molecule has 1 saturated heterocycles. The van der Waals surface area contributed by atoms with E-state index in [4.69, 9.17) is 0 Å². The third-order valence-electron chi connectivity index (χ3n) is 4.71. The molecular formula is C21H27N3O2S. The molecule has 0 bridgehead atoms. The van der Waals surface area contributed by atoms with Crippen molar-refractivity contribution in [1.82, 2.24) is 9.62 Å². The first-order valence-corrected chi connectivity index (χ1v) is 10.8. The molecule has 0 amide bonds. The molecule has 6 heteroatoms. The second-order valence-corrected chi connectivity index (χ2v) is 8.47. The molecule has 1 aliphatic heterocycles. The van der Waals surface area contributed by atoms with Crippen LogP contribution in [0.25, 0.3) is 6.08 Å². The smallest absolute Gasteiger partial charge is 0.233 e. The SMILES string of the molecule is Cc1cccc(N2CCN(CCNS(=O)(=O)/C=C/c3ccccc3)CC2)c1. The fraction of sp³-hybridized carbons (Fsp3) is 0.333. The minimum absolute atomic E-state index is 0.423. The Morgan fingerprint density at radius 2 is 1.74 bits per heavy atom. The van der Waals surface area contributed by atoms with Crippen LogP contribution in [0.1, 0.15) is 11.1 Å². The van der Waals surface area contributed by atoms with Gasteiger partial charge in [0.05, 0.1) is 0 Å². The molecule has 0 saturated carbocycles. The van der Waals surface area contributed by atoms with Gasteiger partial charge < -0.3 is 4.90 Å². The monoisotopic (exact) mass is 385 g/mol. The lowest BCUT2D eigenvalue weighted by Gasteiger charge is -2.36. The molecule has 0 radical (unpaired) electrons. The zero-order valence-corrected chi connectivity index (χ0v) is 16.5. The molecule has 0 aliphatic carbocycles. The molecule has 0 spiro atoms. The Hall–Kier alpha value is -2.15. The molecule has 5 nitrogen and oxygen atoms in total. The van der Waals surface area contributed by atoms with E-state index in [0.717, 1.165) is 38.3 Å². The van der Waals surface area contributed by atoms with E-state index >= 15 is 0 Å². The molecule has 1 aliphatic rings. The van der Waals surface area contributed by atoms with Gasteiger partial charge in [0.2, 0.25) is 10.0 Å². The van der Waals surface area contributed by atoms with Crippen LogP contribution in [0.3, 0.4) is 0 Å². The number of nitrogens with zero attached hydrogens (tertiary/aromatic N) is 2. The van der Waals surface area contributed by atoms with Crippen molar-refractivity contribution in [3.63, 3.8) is 0 Å². The number of nitrogens with one attached hydrogen (secondary N) is 1. The minimum Gasteiger partial charge on any atom is -0.369 e. The Morgan fingerprint density at radius 1 is 1.00 bits per heavy atom. The first-order chi connectivity index (χ1) is 13.0. The van der Waals surface area contributed by atoms with E-state index in [9.17, 15) is 8.42 Å². The molecule has 2 aromatic carbocycles. The lowest BCUT2D eigenvalue weighted by Crippen LogP contribution is -2.48. The highest BCUT2D eigenvalue weighted by atomic mass is 32.2. The number of hydrogen-bond donors (Lipinski definition) is 1. The van der Waals surface area contributed by atoms with Crippen molar-refractivity contribution in [2.24, 2.45) is 0 Å². The lowest BCUT2D eigenvalue weighted by molar-refractivity contribution is 0.262. The second-order valence-electron chi connectivity index (χ2n) is 6.82. The number of aryl methyl sites for hydroxylation is 1. The number of hydrogen-bond acceptors (Lipinski definition) is 4. The quantitative estimate of drug-likeness (QED) is 0.796. The molecule has 1 N–H and O–H groups in total. The summed E-state index contributed by atoms with van der Waals surface area (Å²) in [6, 6.07) is 18.0. The maximum Gasteiger partial charge on any atom is 0.233 e. The molecular weight excluding hydrogens is 358 g/mol. The van der Waals surface area contributed by atoms with E-state index in [1.807, 2.05) is 30.3 Å². The zero-order valence-electron chi connectivity index (χ0n) is 15.7. The van der Waals surface area contributed by atoms with Crippen LogP contribution in [-0.4, -0.2) is 52.6 Å². The minimum atomic E-state index is -3.41. The van der Waals surface area contributed by atoms with Gasteiger partial charge in [-0.25, -0.2) is 13.1 Å². The lowest BCUT2D eigenvalue weighted by atomic mass is 10.2. The fourth-order valence-electron chi connectivity index (χ4n) is 3.18. The summed E-state index contributed by atoms with van der Waals surface area (Å²) in [5.74, 6) is 0. The van der Waals surface area contributed by atoms with Gasteiger partial charge in [0, 0.05) is 50.4 Å². The summed E-state index contributed by atoms with van der Waals surface area (Å²) >= 11 is 0. The van der Waals surface area contributed by atoms with Crippen LogP contribution in [0, 0.1) is 6.92 Å². The van der Waals surface area contributed by atoms with Gasteiger partial charge in [-0.2, -0.15) is 0 Å². The van der Waals surface area contributed by atoms with Crippen LogP contribution in [0.4, 0.5) is 5.69 Å². The first kappa shape index (κ1) is 19.6. The molecule has 0 aromatic heterocycles. The van der Waals surface area contributed by atoms with Crippen molar-refractivity contribution in [2.75, 3.05) is 44.2 Å². The van der Waals surface area contributed by atoms with E-state index in [0.29, 0.717) is 6.54 Å². The van der Waals surface area contributed by atoms with Crippen LogP contribution in [0.5, 0.6) is 0 Å². The first-order valence-electron chi connectivity index (χ1n) is 9.29. The number of anilines is 1. The Morgan fingerprint density at radius 3 is 2.44 bits per heavy atom. The van der Waals surface area contributed by atoms with Crippen molar-refractivity contribution in [3.05, 3.63) is 71.1 Å². The largest absolute Gasteiger partial charge is 0.369 e. The number of sulfonamides is 1. The predicted octanol–water partition coefficient (Wildman–Crippen LogP) is 2.71. The summed E-state index contributed by atoms with van der Waals surface area (Å²) < 4.78 is 26.8. The summed E-state index contributed by atoms with van der Waals surface area (Å²) in [7, 11) is -3.41. The molecule has 3 rings (SSSR count).